The van der Waals surface area contributed by atoms with Gasteiger partial charge in [0.2, 0.25) is 0 Å². The lowest BCUT2D eigenvalue weighted by Crippen LogP contribution is -2.45. The Morgan fingerprint density at radius 3 is 2.32 bits per heavy atom. The van der Waals surface area contributed by atoms with Crippen LogP contribution in [0.1, 0.15) is 43.7 Å². The molecule has 0 aromatic heterocycles. The summed E-state index contributed by atoms with van der Waals surface area (Å²) >= 11 is 0. The van der Waals surface area contributed by atoms with Crippen LogP contribution in [0.15, 0.2) is 29.3 Å². The van der Waals surface area contributed by atoms with Gasteiger partial charge < -0.3 is 20.5 Å². The van der Waals surface area contributed by atoms with E-state index in [-0.39, 0.29) is 36.7 Å². The lowest BCUT2D eigenvalue weighted by molar-refractivity contribution is -0.176. The molecule has 0 bridgehead atoms. The van der Waals surface area contributed by atoms with Crippen molar-refractivity contribution in [2.24, 2.45) is 4.99 Å². The Bertz CT molecular complexity index is 589. The zero-order chi connectivity index (χ0) is 19.7. The number of alkyl halides is 3. The maximum atomic E-state index is 12.1. The first-order valence-electron chi connectivity index (χ1n) is 9.31. The van der Waals surface area contributed by atoms with Crippen molar-refractivity contribution in [3.63, 3.8) is 0 Å². The van der Waals surface area contributed by atoms with Gasteiger partial charge in [-0.2, -0.15) is 13.2 Å². The lowest BCUT2D eigenvalue weighted by atomic mass is 9.93. The maximum Gasteiger partial charge on any atom is 0.411 e. The second kappa shape index (κ2) is 12.5. The molecule has 0 amide bonds. The van der Waals surface area contributed by atoms with Gasteiger partial charge in [-0.3, -0.25) is 0 Å². The van der Waals surface area contributed by atoms with E-state index in [9.17, 15) is 18.3 Å². The zero-order valence-electron chi connectivity index (χ0n) is 16.0. The van der Waals surface area contributed by atoms with Gasteiger partial charge in [0.25, 0.3) is 0 Å². The molecule has 3 N–H and O–H groups in total. The molecular weight excluding hydrogens is 486 g/mol. The summed E-state index contributed by atoms with van der Waals surface area (Å²) in [7, 11) is 0. The molecule has 0 unspecified atom stereocenters. The summed E-state index contributed by atoms with van der Waals surface area (Å²) in [5.41, 5.74) is 1.66. The van der Waals surface area contributed by atoms with Crippen molar-refractivity contribution in [1.82, 2.24) is 10.6 Å². The molecule has 160 valence electrons. The number of nitrogens with zero attached hydrogens (tertiary/aromatic N) is 1. The minimum Gasteiger partial charge on any atom is -0.393 e. The average molecular weight is 515 g/mol. The predicted molar refractivity (Wildman–Crippen MR) is 114 cm³/mol. The van der Waals surface area contributed by atoms with Gasteiger partial charge in [-0.25, -0.2) is 4.99 Å². The van der Waals surface area contributed by atoms with Crippen LogP contribution in [0.5, 0.6) is 0 Å². The Morgan fingerprint density at radius 2 is 1.75 bits per heavy atom. The number of nitrogens with one attached hydrogen (secondary N) is 2. The van der Waals surface area contributed by atoms with Crippen LogP contribution in [0.25, 0.3) is 0 Å². The number of guanidine groups is 1. The number of aliphatic hydroxyl groups is 1. The van der Waals surface area contributed by atoms with Crippen LogP contribution in [0.3, 0.4) is 0 Å². The molecule has 0 atom stereocenters. The third-order valence-electron chi connectivity index (χ3n) is 4.36. The van der Waals surface area contributed by atoms with Gasteiger partial charge >= 0.3 is 6.18 Å². The largest absolute Gasteiger partial charge is 0.411 e. The standard InChI is InChI=1S/C19H28F3N3O2.HI/c1-2-23-18(25-16-7-9-17(26)10-8-16)24-11-14-3-5-15(6-4-14)12-27-13-19(20,21)22;/h3-6,16-17,26H,2,7-13H2,1H3,(H2,23,24,25);1H. The topological polar surface area (TPSA) is 65.9 Å². The minimum absolute atomic E-state index is 0. The maximum absolute atomic E-state index is 12.1. The van der Waals surface area contributed by atoms with E-state index in [1.54, 1.807) is 12.1 Å². The number of hydrogen-bond donors (Lipinski definition) is 3. The Kier molecular flexibility index (Phi) is 11.1. The van der Waals surface area contributed by atoms with E-state index in [4.69, 9.17) is 0 Å². The van der Waals surface area contributed by atoms with E-state index in [0.29, 0.717) is 18.2 Å². The molecule has 1 aromatic carbocycles. The monoisotopic (exact) mass is 515 g/mol. The molecule has 28 heavy (non-hydrogen) atoms. The highest BCUT2D eigenvalue weighted by Gasteiger charge is 2.27. The minimum atomic E-state index is -4.30. The van der Waals surface area contributed by atoms with E-state index < -0.39 is 12.8 Å². The summed E-state index contributed by atoms with van der Waals surface area (Å²) in [6.45, 7) is 1.90. The number of aliphatic imine (C=N–C) groups is 1. The Hall–Kier alpha value is -1.07. The zero-order valence-corrected chi connectivity index (χ0v) is 18.3. The van der Waals surface area contributed by atoms with Crippen molar-refractivity contribution in [3.05, 3.63) is 35.4 Å². The summed E-state index contributed by atoms with van der Waals surface area (Å²) in [5, 5.41) is 16.2. The molecular formula is C19H29F3IN3O2. The molecule has 0 saturated heterocycles. The highest BCUT2D eigenvalue weighted by molar-refractivity contribution is 14.0. The highest BCUT2D eigenvalue weighted by Crippen LogP contribution is 2.18. The summed E-state index contributed by atoms with van der Waals surface area (Å²) in [6.07, 6.45) is -1.07. The van der Waals surface area contributed by atoms with E-state index in [2.05, 4.69) is 20.4 Å². The second-order valence-electron chi connectivity index (χ2n) is 6.77. The number of rotatable bonds is 7. The third-order valence-corrected chi connectivity index (χ3v) is 4.36. The smallest absolute Gasteiger partial charge is 0.393 e. The first kappa shape index (κ1) is 25.0. The van der Waals surface area contributed by atoms with E-state index in [1.165, 1.54) is 0 Å². The van der Waals surface area contributed by atoms with E-state index in [0.717, 1.165) is 43.8 Å². The molecule has 0 heterocycles. The van der Waals surface area contributed by atoms with Crippen molar-refractivity contribution in [2.45, 2.75) is 64.1 Å². The van der Waals surface area contributed by atoms with Gasteiger partial charge in [0.15, 0.2) is 5.96 Å². The summed E-state index contributed by atoms with van der Waals surface area (Å²) < 4.78 is 40.9. The van der Waals surface area contributed by atoms with Crippen LogP contribution < -0.4 is 10.6 Å². The molecule has 1 aliphatic rings. The van der Waals surface area contributed by atoms with Crippen LogP contribution in [0.2, 0.25) is 0 Å². The fourth-order valence-electron chi connectivity index (χ4n) is 2.93. The average Bonchev–Trinajstić information content (AvgIpc) is 2.62. The predicted octanol–water partition coefficient (Wildman–Crippen LogP) is 3.74. The molecule has 1 fully saturated rings. The van der Waals surface area contributed by atoms with E-state index in [1.807, 2.05) is 19.1 Å². The molecule has 9 heteroatoms. The van der Waals surface area contributed by atoms with Gasteiger partial charge in [0.05, 0.1) is 19.3 Å². The van der Waals surface area contributed by atoms with Crippen LogP contribution in [-0.2, 0) is 17.9 Å². The van der Waals surface area contributed by atoms with Crippen molar-refractivity contribution < 1.29 is 23.0 Å². The second-order valence-corrected chi connectivity index (χ2v) is 6.77. The van der Waals surface area contributed by atoms with Crippen LogP contribution in [-0.4, -0.2) is 42.5 Å². The Labute approximate surface area is 181 Å². The summed E-state index contributed by atoms with van der Waals surface area (Å²) in [6, 6.07) is 7.50. The van der Waals surface area contributed by atoms with Crippen LogP contribution in [0.4, 0.5) is 13.2 Å². The first-order valence-corrected chi connectivity index (χ1v) is 9.31. The van der Waals surface area contributed by atoms with Crippen molar-refractivity contribution >= 4 is 29.9 Å². The third kappa shape index (κ3) is 9.92. The van der Waals surface area contributed by atoms with E-state index >= 15 is 0 Å². The molecule has 5 nitrogen and oxygen atoms in total. The Balaban J connectivity index is 0.00000392. The van der Waals surface area contributed by atoms with Gasteiger partial charge in [-0.05, 0) is 43.7 Å². The SMILES string of the molecule is CCNC(=NCc1ccc(COCC(F)(F)F)cc1)NC1CCC(O)CC1.I. The number of hydrogen-bond acceptors (Lipinski definition) is 3. The molecule has 1 saturated carbocycles. The highest BCUT2D eigenvalue weighted by atomic mass is 127. The fraction of sp³-hybridized carbons (Fsp3) is 0.632. The van der Waals surface area contributed by atoms with Crippen LogP contribution >= 0.6 is 24.0 Å². The molecule has 1 aliphatic carbocycles. The fourth-order valence-corrected chi connectivity index (χ4v) is 2.93. The summed E-state index contributed by atoms with van der Waals surface area (Å²) in [4.78, 5) is 4.57. The molecule has 0 radical (unpaired) electrons. The first-order chi connectivity index (χ1) is 12.9. The van der Waals surface area contributed by atoms with Crippen LogP contribution in [0, 0.1) is 0 Å². The number of halogens is 4. The summed E-state index contributed by atoms with van der Waals surface area (Å²) in [5.74, 6) is 0.733. The van der Waals surface area contributed by atoms with Crippen molar-refractivity contribution in [3.8, 4) is 0 Å². The quantitative estimate of drug-likeness (QED) is 0.294. The van der Waals surface area contributed by atoms with Gasteiger partial charge in [-0.1, -0.05) is 24.3 Å². The number of benzene rings is 1. The van der Waals surface area contributed by atoms with Gasteiger partial charge in [0.1, 0.15) is 6.61 Å². The number of ether oxygens (including phenoxy) is 1. The van der Waals surface area contributed by atoms with Gasteiger partial charge in [-0.15, -0.1) is 24.0 Å². The molecule has 0 aliphatic heterocycles. The van der Waals surface area contributed by atoms with Gasteiger partial charge in [0, 0.05) is 12.6 Å². The number of aliphatic hydroxyl groups excluding tert-OH is 1. The normalized spacial score (nSPS) is 20.4. The van der Waals surface area contributed by atoms with Crippen molar-refractivity contribution in [2.75, 3.05) is 13.2 Å². The molecule has 2 rings (SSSR count). The van der Waals surface area contributed by atoms with Crippen molar-refractivity contribution in [1.29, 1.82) is 0 Å². The lowest BCUT2D eigenvalue weighted by Gasteiger charge is -2.27. The Morgan fingerprint density at radius 1 is 1.14 bits per heavy atom. The molecule has 1 aromatic rings. The molecule has 0 spiro atoms.